The number of nitrogens with one attached hydrogen (secondary N) is 1. The lowest BCUT2D eigenvalue weighted by Gasteiger charge is -2.31. The zero-order chi connectivity index (χ0) is 25.0. The molecule has 3 aromatic rings. The van der Waals surface area contributed by atoms with Gasteiger partial charge >= 0.3 is 0 Å². The van der Waals surface area contributed by atoms with Gasteiger partial charge in [-0.3, -0.25) is 14.9 Å². The molecule has 2 amide bonds. The number of thioether (sulfide) groups is 1. The Balaban J connectivity index is 1.35. The van der Waals surface area contributed by atoms with E-state index in [4.69, 9.17) is 0 Å². The highest BCUT2D eigenvalue weighted by Crippen LogP contribution is 2.32. The predicted molar refractivity (Wildman–Crippen MR) is 142 cm³/mol. The summed E-state index contributed by atoms with van der Waals surface area (Å²) in [5.41, 5.74) is 0.904. The third-order valence-corrected chi connectivity index (χ3v) is 8.79. The van der Waals surface area contributed by atoms with Gasteiger partial charge in [0.15, 0.2) is 0 Å². The molecule has 1 aliphatic heterocycles. The summed E-state index contributed by atoms with van der Waals surface area (Å²) < 4.78 is 0. The maximum atomic E-state index is 13.1. The topological polar surface area (TPSA) is 101 Å². The monoisotopic (exact) mass is 528 g/mol. The molecule has 4 heterocycles. The van der Waals surface area contributed by atoms with Crippen LogP contribution in [0, 0.1) is 0 Å². The maximum Gasteiger partial charge on any atom is 0.276 e. The van der Waals surface area contributed by atoms with Crippen LogP contribution < -0.4 is 5.32 Å². The molecular formula is C24H28N6O2S3. The first kappa shape index (κ1) is 25.5. The van der Waals surface area contributed by atoms with Gasteiger partial charge in [0, 0.05) is 41.8 Å². The number of anilines is 1. The van der Waals surface area contributed by atoms with Crippen LogP contribution in [0.3, 0.4) is 0 Å². The Morgan fingerprint density at radius 2 is 2.06 bits per heavy atom. The lowest BCUT2D eigenvalue weighted by Crippen LogP contribution is -2.38. The number of carbonyl (C=O) groups is 2. The molecule has 0 unspecified atom stereocenters. The van der Waals surface area contributed by atoms with Crippen molar-refractivity contribution in [3.05, 3.63) is 57.6 Å². The van der Waals surface area contributed by atoms with E-state index < -0.39 is 0 Å². The molecule has 8 nitrogen and oxygen atoms in total. The number of piperidine rings is 1. The van der Waals surface area contributed by atoms with Gasteiger partial charge in [0.25, 0.3) is 11.8 Å². The van der Waals surface area contributed by atoms with Gasteiger partial charge in [-0.15, -0.1) is 39.9 Å². The fourth-order valence-corrected chi connectivity index (χ4v) is 6.11. The summed E-state index contributed by atoms with van der Waals surface area (Å²) in [6.45, 7) is 11.2. The van der Waals surface area contributed by atoms with Gasteiger partial charge in [-0.25, -0.2) is 9.97 Å². The van der Waals surface area contributed by atoms with Crippen LogP contribution in [0.4, 0.5) is 5.13 Å². The fourth-order valence-electron chi connectivity index (χ4n) is 3.62. The van der Waals surface area contributed by atoms with Crippen LogP contribution in [0.1, 0.15) is 70.4 Å². The van der Waals surface area contributed by atoms with Gasteiger partial charge < -0.3 is 4.90 Å². The average molecular weight is 529 g/mol. The molecule has 3 aromatic heterocycles. The molecule has 184 valence electrons. The maximum absolute atomic E-state index is 13.1. The van der Waals surface area contributed by atoms with Crippen molar-refractivity contribution in [2.75, 3.05) is 24.2 Å². The molecule has 0 radical (unpaired) electrons. The molecule has 0 spiro atoms. The number of carbonyl (C=O) groups excluding carboxylic acids is 2. The van der Waals surface area contributed by atoms with Gasteiger partial charge in [-0.2, -0.15) is 0 Å². The molecule has 11 heteroatoms. The van der Waals surface area contributed by atoms with E-state index >= 15 is 0 Å². The quantitative estimate of drug-likeness (QED) is 0.331. The number of rotatable bonds is 7. The third-order valence-electron chi connectivity index (χ3n) is 5.51. The van der Waals surface area contributed by atoms with E-state index in [9.17, 15) is 9.59 Å². The number of thiazole rings is 1. The lowest BCUT2D eigenvalue weighted by molar-refractivity contribution is 0.0708. The van der Waals surface area contributed by atoms with Crippen LogP contribution in [0.25, 0.3) is 0 Å². The summed E-state index contributed by atoms with van der Waals surface area (Å²) >= 11 is 4.38. The van der Waals surface area contributed by atoms with Crippen molar-refractivity contribution >= 4 is 51.4 Å². The van der Waals surface area contributed by atoms with Gasteiger partial charge in [0.05, 0.1) is 10.6 Å². The normalized spacial score (nSPS) is 14.7. The van der Waals surface area contributed by atoms with Crippen molar-refractivity contribution in [2.24, 2.45) is 0 Å². The van der Waals surface area contributed by atoms with Crippen molar-refractivity contribution in [2.45, 2.75) is 50.0 Å². The van der Waals surface area contributed by atoms with Crippen LogP contribution in [0.15, 0.2) is 41.4 Å². The number of hydrogen-bond donors (Lipinski definition) is 1. The molecule has 1 fully saturated rings. The van der Waals surface area contributed by atoms with E-state index in [1.165, 1.54) is 34.4 Å². The van der Waals surface area contributed by atoms with E-state index in [0.717, 1.165) is 27.9 Å². The van der Waals surface area contributed by atoms with Gasteiger partial charge in [0.2, 0.25) is 5.13 Å². The molecule has 35 heavy (non-hydrogen) atoms. The van der Waals surface area contributed by atoms with E-state index in [1.807, 2.05) is 11.0 Å². The largest absolute Gasteiger partial charge is 0.339 e. The Kier molecular flexibility index (Phi) is 7.98. The van der Waals surface area contributed by atoms with Crippen LogP contribution in [-0.4, -0.2) is 55.7 Å². The summed E-state index contributed by atoms with van der Waals surface area (Å²) in [5, 5.41) is 15.9. The Morgan fingerprint density at radius 3 is 2.74 bits per heavy atom. The molecule has 1 saturated heterocycles. The van der Waals surface area contributed by atoms with E-state index in [1.54, 1.807) is 23.7 Å². The minimum atomic E-state index is -0.280. The Morgan fingerprint density at radius 1 is 1.29 bits per heavy atom. The Bertz CT molecular complexity index is 1210. The van der Waals surface area contributed by atoms with Crippen molar-refractivity contribution in [1.82, 2.24) is 25.1 Å². The molecule has 0 saturated carbocycles. The lowest BCUT2D eigenvalue weighted by atomic mass is 9.97. The minimum absolute atomic E-state index is 0.00833. The third kappa shape index (κ3) is 6.14. The first-order valence-electron chi connectivity index (χ1n) is 11.3. The zero-order valence-corrected chi connectivity index (χ0v) is 22.4. The van der Waals surface area contributed by atoms with Gasteiger partial charge in [-0.1, -0.05) is 38.2 Å². The zero-order valence-electron chi connectivity index (χ0n) is 20.0. The first-order chi connectivity index (χ1) is 16.8. The summed E-state index contributed by atoms with van der Waals surface area (Å²) in [5.74, 6) is 0.658. The second kappa shape index (κ2) is 11.0. The highest BCUT2D eigenvalue weighted by molar-refractivity contribution is 7.99. The van der Waals surface area contributed by atoms with Gasteiger partial charge in [0.1, 0.15) is 15.7 Å². The summed E-state index contributed by atoms with van der Waals surface area (Å²) in [4.78, 5) is 36.7. The average Bonchev–Trinajstić information content (AvgIpc) is 3.53. The minimum Gasteiger partial charge on any atom is -0.339 e. The highest BCUT2D eigenvalue weighted by Gasteiger charge is 2.28. The molecule has 1 N–H and O–H groups in total. The van der Waals surface area contributed by atoms with Crippen molar-refractivity contribution in [1.29, 1.82) is 0 Å². The summed E-state index contributed by atoms with van der Waals surface area (Å²) in [7, 11) is 0. The molecule has 0 bridgehead atoms. The molecule has 4 rings (SSSR count). The van der Waals surface area contributed by atoms with Crippen molar-refractivity contribution < 1.29 is 9.59 Å². The molecule has 0 aliphatic carbocycles. The second-order valence-electron chi connectivity index (χ2n) is 9.21. The summed E-state index contributed by atoms with van der Waals surface area (Å²) in [6.07, 6.45) is 5.12. The SMILES string of the molecule is C=CCSc1ncccc1C(=O)N1CCC(c2nc(C(=O)Nc3nnc(C(C)(C)C)s3)cs2)CC1. The van der Waals surface area contributed by atoms with Crippen LogP contribution in [0.2, 0.25) is 0 Å². The Labute approximate surface area is 217 Å². The van der Waals surface area contributed by atoms with Crippen molar-refractivity contribution in [3.8, 4) is 0 Å². The predicted octanol–water partition coefficient (Wildman–Crippen LogP) is 5.24. The number of likely N-dealkylation sites (tertiary alicyclic amines) is 1. The molecular weight excluding hydrogens is 501 g/mol. The fraction of sp³-hybridized carbons (Fsp3) is 0.417. The Hall–Kier alpha value is -2.63. The molecule has 0 aromatic carbocycles. The van der Waals surface area contributed by atoms with Crippen LogP contribution in [0.5, 0.6) is 0 Å². The first-order valence-corrected chi connectivity index (χ1v) is 14.0. The summed E-state index contributed by atoms with van der Waals surface area (Å²) in [6, 6.07) is 3.63. The van der Waals surface area contributed by atoms with Crippen molar-refractivity contribution in [3.63, 3.8) is 0 Å². The van der Waals surface area contributed by atoms with Crippen LogP contribution >= 0.6 is 34.4 Å². The van der Waals surface area contributed by atoms with Gasteiger partial charge in [-0.05, 0) is 25.0 Å². The standard InChI is InChI=1S/C24H28N6O2S3/c1-5-13-33-20-16(7-6-10-25-20)21(32)30-11-8-15(9-12-30)19-26-17(14-34-19)18(31)27-23-29-28-22(35-23)24(2,3)4/h5-7,10,14-15H,1,8-9,11-13H2,2-4H3,(H,27,29,31). The molecule has 0 atom stereocenters. The number of pyridine rings is 1. The van der Waals surface area contributed by atoms with E-state index in [2.05, 4.69) is 52.8 Å². The number of nitrogens with zero attached hydrogens (tertiary/aromatic N) is 5. The second-order valence-corrected chi connectivity index (χ2v) is 12.1. The highest BCUT2D eigenvalue weighted by atomic mass is 32.2. The smallest absolute Gasteiger partial charge is 0.276 e. The van der Waals surface area contributed by atoms with Crippen LogP contribution in [-0.2, 0) is 5.41 Å². The van der Waals surface area contributed by atoms with E-state index in [-0.39, 0.29) is 23.1 Å². The number of hydrogen-bond acceptors (Lipinski definition) is 9. The van der Waals surface area contributed by atoms with E-state index in [0.29, 0.717) is 35.2 Å². The molecule has 1 aliphatic rings. The number of amides is 2. The number of aromatic nitrogens is 4.